The van der Waals surface area contributed by atoms with Gasteiger partial charge in [0.25, 0.3) is 0 Å². The SMILES string of the molecule is CCCCNc1nc(N)nc2c3ccccc3n(Cc3cc(C4=CCC(N)CC4)ccc3OC)c12. The Morgan fingerprint density at radius 2 is 2.03 bits per heavy atom. The van der Waals surface area contributed by atoms with E-state index in [1.807, 2.05) is 6.07 Å². The van der Waals surface area contributed by atoms with Gasteiger partial charge in [-0.05, 0) is 55.0 Å². The van der Waals surface area contributed by atoms with Gasteiger partial charge in [0.1, 0.15) is 16.8 Å². The molecule has 7 heteroatoms. The highest BCUT2D eigenvalue weighted by atomic mass is 16.5. The van der Waals surface area contributed by atoms with Crippen molar-refractivity contribution in [3.05, 3.63) is 59.7 Å². The lowest BCUT2D eigenvalue weighted by Gasteiger charge is -2.20. The maximum Gasteiger partial charge on any atom is 0.222 e. The highest BCUT2D eigenvalue weighted by molar-refractivity contribution is 6.09. The molecule has 2 heterocycles. The Kier molecular flexibility index (Phi) is 6.59. The van der Waals surface area contributed by atoms with Crippen LogP contribution in [0.2, 0.25) is 0 Å². The molecule has 0 spiro atoms. The van der Waals surface area contributed by atoms with Gasteiger partial charge in [0.15, 0.2) is 5.82 Å². The second-order valence-electron chi connectivity index (χ2n) is 9.30. The topological polar surface area (TPSA) is 104 Å². The van der Waals surface area contributed by atoms with Gasteiger partial charge < -0.3 is 26.1 Å². The monoisotopic (exact) mass is 470 g/mol. The van der Waals surface area contributed by atoms with Gasteiger partial charge in [-0.25, -0.2) is 4.98 Å². The fourth-order valence-electron chi connectivity index (χ4n) is 5.01. The van der Waals surface area contributed by atoms with Crippen molar-refractivity contribution in [2.24, 2.45) is 5.73 Å². The maximum absolute atomic E-state index is 6.13. The molecule has 0 bridgehead atoms. The van der Waals surface area contributed by atoms with E-state index in [0.29, 0.717) is 6.54 Å². The van der Waals surface area contributed by atoms with Gasteiger partial charge in [-0.3, -0.25) is 0 Å². The third kappa shape index (κ3) is 4.56. The van der Waals surface area contributed by atoms with E-state index in [1.54, 1.807) is 7.11 Å². The smallest absolute Gasteiger partial charge is 0.222 e. The van der Waals surface area contributed by atoms with Crippen LogP contribution in [0.1, 0.15) is 50.2 Å². The number of hydrogen-bond donors (Lipinski definition) is 3. The van der Waals surface area contributed by atoms with E-state index >= 15 is 0 Å². The van der Waals surface area contributed by atoms with Crippen LogP contribution in [0.25, 0.3) is 27.5 Å². The van der Waals surface area contributed by atoms with Gasteiger partial charge in [0.2, 0.25) is 5.95 Å². The van der Waals surface area contributed by atoms with Crippen LogP contribution in [0, 0.1) is 0 Å². The fourth-order valence-corrected chi connectivity index (χ4v) is 5.01. The maximum atomic E-state index is 6.13. The predicted molar refractivity (Wildman–Crippen MR) is 145 cm³/mol. The van der Waals surface area contributed by atoms with Gasteiger partial charge in [-0.2, -0.15) is 4.98 Å². The third-order valence-electron chi connectivity index (χ3n) is 6.88. The summed E-state index contributed by atoms with van der Waals surface area (Å²) in [4.78, 5) is 9.24. The molecule has 35 heavy (non-hydrogen) atoms. The summed E-state index contributed by atoms with van der Waals surface area (Å²) >= 11 is 0. The number of ether oxygens (including phenoxy) is 1. The molecule has 2 aromatic heterocycles. The van der Waals surface area contributed by atoms with Crippen LogP contribution in [-0.4, -0.2) is 34.2 Å². The second kappa shape index (κ2) is 9.96. The Balaban J connectivity index is 1.65. The molecule has 1 unspecified atom stereocenters. The first kappa shape index (κ1) is 23.2. The summed E-state index contributed by atoms with van der Waals surface area (Å²) in [6.45, 7) is 3.64. The minimum Gasteiger partial charge on any atom is -0.496 e. The van der Waals surface area contributed by atoms with Crippen LogP contribution in [0.3, 0.4) is 0 Å². The number of nitrogen functional groups attached to an aromatic ring is 1. The van der Waals surface area contributed by atoms with Gasteiger partial charge in [0.05, 0.1) is 19.2 Å². The van der Waals surface area contributed by atoms with Gasteiger partial charge >= 0.3 is 0 Å². The van der Waals surface area contributed by atoms with Crippen LogP contribution in [0.4, 0.5) is 11.8 Å². The molecular weight excluding hydrogens is 436 g/mol. The lowest BCUT2D eigenvalue weighted by molar-refractivity contribution is 0.409. The first-order valence-corrected chi connectivity index (χ1v) is 12.5. The van der Waals surface area contributed by atoms with E-state index < -0.39 is 0 Å². The van der Waals surface area contributed by atoms with E-state index in [0.717, 1.165) is 77.7 Å². The van der Waals surface area contributed by atoms with Crippen LogP contribution in [0.15, 0.2) is 48.5 Å². The van der Waals surface area contributed by atoms with E-state index in [2.05, 4.69) is 69.2 Å². The van der Waals surface area contributed by atoms with Crippen molar-refractivity contribution in [3.8, 4) is 5.75 Å². The Labute approximate surface area is 206 Å². The number of aromatic nitrogens is 3. The number of allylic oxidation sites excluding steroid dienone is 1. The second-order valence-corrected chi connectivity index (χ2v) is 9.30. The molecule has 1 aliphatic rings. The lowest BCUT2D eigenvalue weighted by Crippen LogP contribution is -2.21. The summed E-state index contributed by atoms with van der Waals surface area (Å²) in [6.07, 6.45) is 7.39. The minimum atomic E-state index is 0.264. The molecule has 1 atom stereocenters. The molecule has 4 aromatic rings. The summed E-state index contributed by atoms with van der Waals surface area (Å²) < 4.78 is 8.07. The largest absolute Gasteiger partial charge is 0.496 e. The molecule has 182 valence electrons. The molecule has 2 aromatic carbocycles. The Morgan fingerprint density at radius 1 is 1.17 bits per heavy atom. The number of nitrogens with zero attached hydrogens (tertiary/aromatic N) is 3. The predicted octanol–water partition coefficient (Wildman–Crippen LogP) is 5.33. The molecular formula is C28H34N6O. The number of methoxy groups -OCH3 is 1. The summed E-state index contributed by atoms with van der Waals surface area (Å²) in [7, 11) is 1.73. The number of hydrogen-bond acceptors (Lipinski definition) is 6. The van der Waals surface area contributed by atoms with E-state index in [4.69, 9.17) is 16.2 Å². The number of anilines is 2. The standard InChI is InChI=1S/C28H34N6O/c1-3-4-15-31-27-26-25(32-28(30)33-27)22-7-5-6-8-23(22)34(26)17-20-16-19(11-14-24(20)35-2)18-9-12-21(29)13-10-18/h5-9,11,14,16,21H,3-4,10,12-13,15,17,29H2,1-2H3,(H3,30,31,32,33). The van der Waals surface area contributed by atoms with Crippen molar-refractivity contribution in [2.45, 2.75) is 51.6 Å². The molecule has 0 aliphatic heterocycles. The summed E-state index contributed by atoms with van der Waals surface area (Å²) in [6, 6.07) is 15.1. The van der Waals surface area contributed by atoms with E-state index in [1.165, 1.54) is 11.1 Å². The van der Waals surface area contributed by atoms with Gasteiger partial charge in [-0.15, -0.1) is 0 Å². The Hall–Kier alpha value is -3.58. The quantitative estimate of drug-likeness (QED) is 0.301. The zero-order valence-electron chi connectivity index (χ0n) is 20.6. The van der Waals surface area contributed by atoms with Gasteiger partial charge in [-0.1, -0.05) is 43.7 Å². The van der Waals surface area contributed by atoms with Gasteiger partial charge in [0, 0.05) is 23.5 Å². The van der Waals surface area contributed by atoms with Crippen LogP contribution < -0.4 is 21.5 Å². The number of fused-ring (bicyclic) bond motifs is 3. The van der Waals surface area contributed by atoms with E-state index in [-0.39, 0.29) is 12.0 Å². The number of nitrogens with two attached hydrogens (primary N) is 2. The molecule has 0 radical (unpaired) electrons. The zero-order valence-corrected chi connectivity index (χ0v) is 20.6. The van der Waals surface area contributed by atoms with Crippen molar-refractivity contribution in [1.29, 1.82) is 0 Å². The number of benzene rings is 2. The molecule has 0 amide bonds. The van der Waals surface area contributed by atoms with Crippen molar-refractivity contribution in [2.75, 3.05) is 24.7 Å². The van der Waals surface area contributed by atoms with Crippen molar-refractivity contribution >= 4 is 39.3 Å². The Morgan fingerprint density at radius 3 is 2.80 bits per heavy atom. The molecule has 1 aliphatic carbocycles. The lowest BCUT2D eigenvalue weighted by atomic mass is 9.90. The minimum absolute atomic E-state index is 0.264. The number of nitrogens with one attached hydrogen (secondary N) is 1. The highest BCUT2D eigenvalue weighted by Gasteiger charge is 2.20. The van der Waals surface area contributed by atoms with Crippen molar-refractivity contribution in [1.82, 2.24) is 14.5 Å². The number of unbranched alkanes of at least 4 members (excludes halogenated alkanes) is 1. The average molecular weight is 471 g/mol. The number of rotatable bonds is 8. The normalized spacial score (nSPS) is 16.0. The summed E-state index contributed by atoms with van der Waals surface area (Å²) in [5.74, 6) is 1.92. The van der Waals surface area contributed by atoms with Crippen LogP contribution in [-0.2, 0) is 6.54 Å². The molecule has 0 fully saturated rings. The highest BCUT2D eigenvalue weighted by Crippen LogP contribution is 2.35. The van der Waals surface area contributed by atoms with Crippen molar-refractivity contribution in [3.63, 3.8) is 0 Å². The molecule has 5 rings (SSSR count). The summed E-state index contributed by atoms with van der Waals surface area (Å²) in [5, 5.41) is 4.57. The summed E-state index contributed by atoms with van der Waals surface area (Å²) in [5.41, 5.74) is 18.9. The van der Waals surface area contributed by atoms with Crippen LogP contribution in [0.5, 0.6) is 5.75 Å². The zero-order chi connectivity index (χ0) is 24.4. The molecule has 0 saturated carbocycles. The first-order chi connectivity index (χ1) is 17.1. The third-order valence-corrected chi connectivity index (χ3v) is 6.88. The van der Waals surface area contributed by atoms with E-state index in [9.17, 15) is 0 Å². The average Bonchev–Trinajstić information content (AvgIpc) is 3.18. The van der Waals surface area contributed by atoms with Crippen molar-refractivity contribution < 1.29 is 4.74 Å². The fraction of sp³-hybridized carbons (Fsp3) is 0.357. The molecule has 0 saturated heterocycles. The molecule has 5 N–H and O–H groups in total. The number of para-hydroxylation sites is 1. The molecule has 7 nitrogen and oxygen atoms in total. The first-order valence-electron chi connectivity index (χ1n) is 12.5. The Bertz CT molecular complexity index is 1390. The van der Waals surface area contributed by atoms with Crippen LogP contribution >= 0.6 is 0 Å².